The van der Waals surface area contributed by atoms with Crippen molar-refractivity contribution in [1.82, 2.24) is 14.5 Å². The van der Waals surface area contributed by atoms with Crippen molar-refractivity contribution in [3.05, 3.63) is 26.4 Å². The van der Waals surface area contributed by atoms with Gasteiger partial charge in [0.2, 0.25) is 0 Å². The van der Waals surface area contributed by atoms with Crippen molar-refractivity contribution < 1.29 is 18.0 Å². The van der Waals surface area contributed by atoms with Crippen LogP contribution in [0, 0.1) is 5.92 Å². The second-order valence-electron chi connectivity index (χ2n) is 6.21. The fourth-order valence-electron chi connectivity index (χ4n) is 3.05. The number of hydrogen-bond donors (Lipinski definition) is 2. The molecule has 1 aliphatic rings. The number of anilines is 1. The molecule has 0 aromatic carbocycles. The Labute approximate surface area is 141 Å². The van der Waals surface area contributed by atoms with E-state index in [1.807, 2.05) is 4.98 Å². The van der Waals surface area contributed by atoms with Gasteiger partial charge in [0.25, 0.3) is 5.56 Å². The van der Waals surface area contributed by atoms with Crippen molar-refractivity contribution >= 4 is 11.6 Å². The zero-order valence-electron chi connectivity index (χ0n) is 13.9. The molecule has 2 rings (SSSR count). The van der Waals surface area contributed by atoms with E-state index in [1.54, 1.807) is 6.92 Å². The van der Waals surface area contributed by atoms with Gasteiger partial charge in [-0.05, 0) is 25.8 Å². The van der Waals surface area contributed by atoms with E-state index in [4.69, 9.17) is 5.73 Å². The molecule has 0 spiro atoms. The van der Waals surface area contributed by atoms with Gasteiger partial charge in [-0.3, -0.25) is 24.0 Å². The number of alkyl halides is 3. The molecule has 1 saturated heterocycles. The van der Waals surface area contributed by atoms with E-state index >= 15 is 0 Å². The summed E-state index contributed by atoms with van der Waals surface area (Å²) >= 11 is 0. The number of piperidine rings is 1. The molecule has 25 heavy (non-hydrogen) atoms. The van der Waals surface area contributed by atoms with Crippen LogP contribution < -0.4 is 17.0 Å². The average Bonchev–Trinajstić information content (AvgIpc) is 2.50. The molecule has 2 heterocycles. The molecule has 3 N–H and O–H groups in total. The molecule has 0 bridgehead atoms. The fraction of sp³-hybridized carbons (Fsp3) is 0.667. The normalized spacial score (nSPS) is 19.1. The minimum atomic E-state index is -4.31. The minimum Gasteiger partial charge on any atom is -0.384 e. The Morgan fingerprint density at radius 2 is 2.04 bits per heavy atom. The summed E-state index contributed by atoms with van der Waals surface area (Å²) in [4.78, 5) is 39.6. The quantitative estimate of drug-likeness (QED) is 0.761. The van der Waals surface area contributed by atoms with Crippen LogP contribution in [0.1, 0.15) is 36.5 Å². The van der Waals surface area contributed by atoms with Crippen molar-refractivity contribution in [2.24, 2.45) is 5.92 Å². The lowest BCUT2D eigenvalue weighted by atomic mass is 9.97. The molecule has 0 unspecified atom stereocenters. The highest BCUT2D eigenvalue weighted by Gasteiger charge is 2.42. The Morgan fingerprint density at radius 1 is 1.36 bits per heavy atom. The number of nitrogens with two attached hydrogens (primary N) is 1. The first-order chi connectivity index (χ1) is 11.6. The summed E-state index contributed by atoms with van der Waals surface area (Å²) < 4.78 is 39.7. The van der Waals surface area contributed by atoms with Gasteiger partial charge in [0.1, 0.15) is 11.4 Å². The lowest BCUT2D eigenvalue weighted by Gasteiger charge is -2.33. The summed E-state index contributed by atoms with van der Waals surface area (Å²) in [5.74, 6) is -2.42. The number of carbonyl (C=O) groups is 1. The molecule has 1 aromatic heterocycles. The molecule has 0 radical (unpaired) electrons. The number of aromatic amines is 1. The highest BCUT2D eigenvalue weighted by Crippen LogP contribution is 2.33. The van der Waals surface area contributed by atoms with Gasteiger partial charge in [0.15, 0.2) is 5.78 Å². The summed E-state index contributed by atoms with van der Waals surface area (Å²) in [5, 5.41) is 0. The summed E-state index contributed by atoms with van der Waals surface area (Å²) in [6.45, 7) is 1.72. The lowest BCUT2D eigenvalue weighted by molar-refractivity contribution is -0.186. The number of nitrogens with one attached hydrogen (secondary N) is 1. The number of likely N-dealkylation sites (tertiary alicyclic amines) is 1. The first-order valence-electron chi connectivity index (χ1n) is 8.10. The number of halogens is 3. The van der Waals surface area contributed by atoms with Crippen LogP contribution in [0.5, 0.6) is 0 Å². The van der Waals surface area contributed by atoms with Crippen LogP contribution in [0.4, 0.5) is 19.0 Å². The Balaban J connectivity index is 2.23. The van der Waals surface area contributed by atoms with Gasteiger partial charge < -0.3 is 5.73 Å². The van der Waals surface area contributed by atoms with E-state index in [2.05, 4.69) is 0 Å². The van der Waals surface area contributed by atoms with Crippen LogP contribution in [0.15, 0.2) is 9.59 Å². The summed E-state index contributed by atoms with van der Waals surface area (Å²) in [6, 6.07) is 0. The van der Waals surface area contributed by atoms with Crippen LogP contribution in [-0.4, -0.2) is 46.0 Å². The third-order valence-electron chi connectivity index (χ3n) is 4.30. The summed E-state index contributed by atoms with van der Waals surface area (Å²) in [5.41, 5.74) is 3.80. The van der Waals surface area contributed by atoms with Gasteiger partial charge in [0, 0.05) is 13.1 Å². The summed E-state index contributed by atoms with van der Waals surface area (Å²) in [6.07, 6.45) is -3.41. The molecule has 0 amide bonds. The molecular weight excluding hydrogens is 341 g/mol. The fourth-order valence-corrected chi connectivity index (χ4v) is 3.05. The van der Waals surface area contributed by atoms with Gasteiger partial charge in [0.05, 0.1) is 12.5 Å². The van der Waals surface area contributed by atoms with Crippen LogP contribution >= 0.6 is 0 Å². The molecule has 0 aliphatic carbocycles. The van der Waals surface area contributed by atoms with E-state index in [0.717, 1.165) is 4.57 Å². The number of H-pyrrole nitrogens is 1. The van der Waals surface area contributed by atoms with Crippen molar-refractivity contribution in [3.63, 3.8) is 0 Å². The highest BCUT2D eigenvalue weighted by molar-refractivity contribution is 6.01. The first kappa shape index (κ1) is 19.2. The Morgan fingerprint density at radius 3 is 2.64 bits per heavy atom. The molecule has 10 heteroatoms. The molecule has 1 aromatic rings. The van der Waals surface area contributed by atoms with Gasteiger partial charge in [-0.15, -0.1) is 0 Å². The van der Waals surface area contributed by atoms with Gasteiger partial charge in [-0.2, -0.15) is 13.2 Å². The molecular formula is C15H21F3N4O3. The van der Waals surface area contributed by atoms with E-state index in [9.17, 15) is 27.6 Å². The second-order valence-corrected chi connectivity index (χ2v) is 6.21. The molecule has 140 valence electrons. The number of ketones is 1. The maximum atomic E-state index is 12.9. The zero-order valence-corrected chi connectivity index (χ0v) is 13.9. The smallest absolute Gasteiger partial charge is 0.384 e. The average molecular weight is 362 g/mol. The maximum absolute atomic E-state index is 12.9. The predicted octanol–water partition coefficient (Wildman–Crippen LogP) is 0.986. The molecule has 1 fully saturated rings. The third kappa shape index (κ3) is 4.30. The standard InChI is InChI=1S/C15H21F3N4O3/c1-2-5-22-12(19)11(13(24)20-14(22)25)10(23)8-21-6-3-4-9(7-21)15(16,17)18/h9H,2-8,19H2,1H3,(H,20,24,25)/t9-/m0/s1. The predicted molar refractivity (Wildman–Crippen MR) is 85.6 cm³/mol. The second kappa shape index (κ2) is 7.42. The SMILES string of the molecule is CCCn1c(N)c(C(=O)CN2CCC[C@H](C(F)(F)F)C2)c(=O)[nH]c1=O. The zero-order chi connectivity index (χ0) is 18.8. The number of rotatable bonds is 5. The van der Waals surface area contributed by atoms with Gasteiger partial charge in [-0.1, -0.05) is 6.92 Å². The number of nitrogen functional groups attached to an aromatic ring is 1. The van der Waals surface area contributed by atoms with Crippen LogP contribution in [-0.2, 0) is 6.54 Å². The monoisotopic (exact) mass is 362 g/mol. The molecule has 0 saturated carbocycles. The van der Waals surface area contributed by atoms with Gasteiger partial charge in [-0.25, -0.2) is 4.79 Å². The van der Waals surface area contributed by atoms with Crippen LogP contribution in [0.2, 0.25) is 0 Å². The molecule has 1 atom stereocenters. The Kier molecular flexibility index (Phi) is 5.71. The minimum absolute atomic E-state index is 0.0261. The van der Waals surface area contributed by atoms with Gasteiger partial charge >= 0.3 is 11.9 Å². The van der Waals surface area contributed by atoms with Crippen LogP contribution in [0.3, 0.4) is 0 Å². The Hall–Kier alpha value is -2.10. The maximum Gasteiger partial charge on any atom is 0.393 e. The summed E-state index contributed by atoms with van der Waals surface area (Å²) in [7, 11) is 0. The number of hydrogen-bond acceptors (Lipinski definition) is 5. The van der Waals surface area contributed by atoms with Crippen molar-refractivity contribution in [3.8, 4) is 0 Å². The topological polar surface area (TPSA) is 101 Å². The number of carbonyl (C=O) groups excluding carboxylic acids is 1. The van der Waals surface area contributed by atoms with E-state index < -0.39 is 29.1 Å². The number of nitrogens with zero attached hydrogens (tertiary/aromatic N) is 2. The van der Waals surface area contributed by atoms with Crippen molar-refractivity contribution in [2.45, 2.75) is 38.9 Å². The first-order valence-corrected chi connectivity index (χ1v) is 8.10. The Bertz CT molecular complexity index is 754. The lowest BCUT2D eigenvalue weighted by Crippen LogP contribution is -2.45. The van der Waals surface area contributed by atoms with Crippen molar-refractivity contribution in [1.29, 1.82) is 0 Å². The number of Topliss-reactive ketones (excluding diaryl/α,β-unsaturated/α-hetero) is 1. The molecule has 7 nitrogen and oxygen atoms in total. The van der Waals surface area contributed by atoms with E-state index in [-0.39, 0.29) is 37.4 Å². The van der Waals surface area contributed by atoms with Crippen LogP contribution in [0.25, 0.3) is 0 Å². The highest BCUT2D eigenvalue weighted by atomic mass is 19.4. The van der Waals surface area contributed by atoms with E-state index in [1.165, 1.54) is 4.90 Å². The van der Waals surface area contributed by atoms with Crippen molar-refractivity contribution in [2.75, 3.05) is 25.4 Å². The third-order valence-corrected chi connectivity index (χ3v) is 4.30. The largest absolute Gasteiger partial charge is 0.393 e. The molecule has 1 aliphatic heterocycles. The van der Waals surface area contributed by atoms with E-state index in [0.29, 0.717) is 19.4 Å². The number of aromatic nitrogens is 2.